The predicted molar refractivity (Wildman–Crippen MR) is 382 cm³/mol. The number of hydrogen-bond acceptors (Lipinski definition) is 23. The van der Waals surface area contributed by atoms with Crippen molar-refractivity contribution in [1.82, 2.24) is 104 Å². The predicted octanol–water partition coefficient (Wildman–Crippen LogP) is 10.3. The van der Waals surface area contributed by atoms with E-state index in [0.29, 0.717) is 86.1 Å². The zero-order valence-electron chi connectivity index (χ0n) is 59.8. The first-order valence-corrected chi connectivity index (χ1v) is 34.6. The highest BCUT2D eigenvalue weighted by molar-refractivity contribution is 6.06. The van der Waals surface area contributed by atoms with Gasteiger partial charge in [-0.1, -0.05) is 18.2 Å². The van der Waals surface area contributed by atoms with E-state index in [-0.39, 0.29) is 72.1 Å². The number of amides is 3. The number of aryl methyl sites for hydroxylation is 3. The van der Waals surface area contributed by atoms with Gasteiger partial charge >= 0.3 is 11.9 Å². The number of ether oxygens (including phenoxy) is 2. The first-order chi connectivity index (χ1) is 52.0. The number of benzene rings is 3. The molecule has 4 N–H and O–H groups in total. The van der Waals surface area contributed by atoms with Crippen LogP contribution in [0.2, 0.25) is 0 Å². The van der Waals surface area contributed by atoms with Gasteiger partial charge in [0.05, 0.1) is 94.5 Å². The Hall–Kier alpha value is -13.0. The van der Waals surface area contributed by atoms with Gasteiger partial charge in [-0.15, -0.1) is 15.3 Å². The number of rotatable bonds is 23. The lowest BCUT2D eigenvalue weighted by atomic mass is 10.1. The summed E-state index contributed by atoms with van der Waals surface area (Å²) in [4.78, 5) is 88.0. The highest BCUT2D eigenvalue weighted by atomic mass is 19.1. The number of nitrogens with one attached hydrogen (secondary N) is 3. The second-order valence-electron chi connectivity index (χ2n) is 26.6. The monoisotopic (exact) mass is 1470 g/mol. The van der Waals surface area contributed by atoms with E-state index >= 15 is 0 Å². The molecule has 0 saturated heterocycles. The molecular weight excluding hydrogens is 1400 g/mol. The molecule has 3 aliphatic rings. The standard InChI is InChI=1S/2C25H25FN8O3.C23H23FN8O2/c2*1-14-9-19(26)18(10-22(14)33-11-21(27-13-33)17-7-8-17)25(36)29-23-6-4-5-20(28-23)24-30-31-32-34(24)15(2)12-37-16(3)35;1-13-8-17(24)16(9-20(13)31-10-19(25-12-31)15-6-7-15)23(34)27-21-5-3-4-18(26-21)22-28-29-30-32(22)14(2)11-33/h2*4-6,9-11,13,15,17H,7-8,12H2,1-3H3,(H,28,29,36);3-5,8-10,12,14-15,33H,6-7,11H2,1-2H3,(H,26,27,34). The van der Waals surface area contributed by atoms with Crippen molar-refractivity contribution in [2.45, 2.75) is 130 Å². The van der Waals surface area contributed by atoms with Crippen LogP contribution < -0.4 is 16.0 Å². The van der Waals surface area contributed by atoms with Crippen LogP contribution in [0.15, 0.2) is 129 Å². The van der Waals surface area contributed by atoms with Crippen LogP contribution in [0.3, 0.4) is 0 Å². The maximum absolute atomic E-state index is 14.8. The molecule has 0 aliphatic heterocycles. The summed E-state index contributed by atoms with van der Waals surface area (Å²) < 4.78 is 64.4. The minimum atomic E-state index is -0.645. The summed E-state index contributed by atoms with van der Waals surface area (Å²) in [6.07, 6.45) is 17.6. The lowest BCUT2D eigenvalue weighted by Crippen LogP contribution is -2.18. The molecule has 9 heterocycles. The Balaban J connectivity index is 0.000000143. The number of aromatic nitrogens is 21. The van der Waals surface area contributed by atoms with Gasteiger partial charge in [0.1, 0.15) is 65.2 Å². The third kappa shape index (κ3) is 17.0. The fraction of sp³-hybridized carbons (Fsp3) is 0.315. The highest BCUT2D eigenvalue weighted by Crippen LogP contribution is 2.41. The minimum absolute atomic E-state index is 0.0812. The number of carbonyl (C=O) groups excluding carboxylic acids is 5. The Labute approximate surface area is 614 Å². The average molecular weight is 1470 g/mol. The molecule has 15 rings (SSSR count). The smallest absolute Gasteiger partial charge is 0.302 e. The van der Waals surface area contributed by atoms with Gasteiger partial charge in [0, 0.05) is 50.2 Å². The van der Waals surface area contributed by atoms with Crippen molar-refractivity contribution in [2.75, 3.05) is 35.8 Å². The molecule has 3 atom stereocenters. The SMILES string of the molecule is CC(=O)OCC(C)n1nnnc1-c1cccc(NC(=O)c2cc(-n3cnc(C4CC4)c3)c(C)cc2F)n1.CC(=O)OCC(C)n1nnnc1-c1cccc(NC(=O)c2cc(-n3cnc(C4CC4)c3)c(C)cc2F)n1.Cc1cc(F)c(C(=O)Nc2cccc(-c3nnnn3C(C)CO)n2)cc1-n1cnc(C2CC2)c1. The van der Waals surface area contributed by atoms with E-state index in [4.69, 9.17) is 9.47 Å². The Morgan fingerprint density at radius 2 is 0.759 bits per heavy atom. The fourth-order valence-corrected chi connectivity index (χ4v) is 11.6. The van der Waals surface area contributed by atoms with Crippen molar-refractivity contribution in [3.8, 4) is 51.6 Å². The van der Waals surface area contributed by atoms with Crippen LogP contribution >= 0.6 is 0 Å². The van der Waals surface area contributed by atoms with E-state index in [1.807, 2.05) is 32.3 Å². The maximum Gasteiger partial charge on any atom is 0.302 e. The summed E-state index contributed by atoms with van der Waals surface area (Å²) in [7, 11) is 0. The normalized spacial score (nSPS) is 14.0. The van der Waals surface area contributed by atoms with Gasteiger partial charge < -0.3 is 44.2 Å². The van der Waals surface area contributed by atoms with Crippen molar-refractivity contribution in [3.63, 3.8) is 0 Å². The lowest BCUT2D eigenvalue weighted by molar-refractivity contribution is -0.142. The van der Waals surface area contributed by atoms with E-state index in [0.717, 1.165) is 55.6 Å². The number of pyridine rings is 3. The molecule has 108 heavy (non-hydrogen) atoms. The number of aliphatic hydroxyl groups excluding tert-OH is 1. The van der Waals surface area contributed by atoms with Crippen LogP contribution in [0.4, 0.5) is 30.6 Å². The van der Waals surface area contributed by atoms with E-state index < -0.39 is 47.1 Å². The molecule has 12 aromatic rings. The molecule has 3 aromatic carbocycles. The van der Waals surface area contributed by atoms with Crippen molar-refractivity contribution in [3.05, 3.63) is 196 Å². The summed E-state index contributed by atoms with van der Waals surface area (Å²) >= 11 is 0. The van der Waals surface area contributed by atoms with Gasteiger partial charge in [-0.2, -0.15) is 0 Å². The van der Waals surface area contributed by atoms with E-state index in [2.05, 4.69) is 92.4 Å². The molecule has 3 unspecified atom stereocenters. The Morgan fingerprint density at radius 1 is 0.463 bits per heavy atom. The number of hydrogen-bond donors (Lipinski definition) is 4. The summed E-state index contributed by atoms with van der Waals surface area (Å²) in [6, 6.07) is 22.4. The third-order valence-electron chi connectivity index (χ3n) is 17.9. The van der Waals surface area contributed by atoms with Gasteiger partial charge in [-0.25, -0.2) is 57.1 Å². The highest BCUT2D eigenvalue weighted by Gasteiger charge is 2.30. The molecule has 32 nitrogen and oxygen atoms in total. The summed E-state index contributed by atoms with van der Waals surface area (Å²) in [5.41, 5.74) is 7.94. The van der Waals surface area contributed by atoms with Gasteiger partial charge in [-0.05, 0) is 201 Å². The number of halogens is 3. The fourth-order valence-electron chi connectivity index (χ4n) is 11.6. The van der Waals surface area contributed by atoms with E-state index in [1.165, 1.54) is 64.3 Å². The van der Waals surface area contributed by atoms with E-state index in [1.54, 1.807) is 115 Å². The molecule has 9 aromatic heterocycles. The number of tetrazole rings is 3. The molecule has 0 bridgehead atoms. The third-order valence-corrected chi connectivity index (χ3v) is 17.9. The number of anilines is 3. The molecule has 0 spiro atoms. The minimum Gasteiger partial charge on any atom is -0.464 e. The molecule has 3 saturated carbocycles. The number of imidazole rings is 3. The van der Waals surface area contributed by atoms with Crippen LogP contribution in [-0.2, 0) is 19.1 Å². The Morgan fingerprint density at radius 3 is 1.04 bits per heavy atom. The summed E-state index contributed by atoms with van der Waals surface area (Å²) in [5, 5.41) is 52.3. The summed E-state index contributed by atoms with van der Waals surface area (Å²) in [6.45, 7) is 13.4. The van der Waals surface area contributed by atoms with Crippen LogP contribution in [0.5, 0.6) is 0 Å². The molecule has 3 aliphatic carbocycles. The number of carbonyl (C=O) groups is 5. The number of esters is 2. The van der Waals surface area contributed by atoms with Crippen molar-refractivity contribution in [1.29, 1.82) is 0 Å². The molecule has 35 heteroatoms. The van der Waals surface area contributed by atoms with Gasteiger partial charge in [0.25, 0.3) is 17.7 Å². The second kappa shape index (κ2) is 31.8. The van der Waals surface area contributed by atoms with Crippen molar-refractivity contribution in [2.24, 2.45) is 0 Å². The van der Waals surface area contributed by atoms with Crippen LogP contribution in [0, 0.1) is 38.2 Å². The zero-order valence-corrected chi connectivity index (χ0v) is 59.8. The Kier molecular flexibility index (Phi) is 21.6. The van der Waals surface area contributed by atoms with E-state index in [9.17, 15) is 42.3 Å². The molecule has 0 radical (unpaired) electrons. The topological polar surface area (TPSA) is 383 Å². The summed E-state index contributed by atoms with van der Waals surface area (Å²) in [5.74, 6) is -1.59. The molecular formula is C73H73F3N24O8. The zero-order chi connectivity index (χ0) is 76.0. The maximum atomic E-state index is 14.8. The van der Waals surface area contributed by atoms with Gasteiger partial charge in [0.15, 0.2) is 0 Å². The molecule has 3 fully saturated rings. The van der Waals surface area contributed by atoms with Crippen molar-refractivity contribution < 1.29 is 51.7 Å². The second-order valence-corrected chi connectivity index (χ2v) is 26.6. The van der Waals surface area contributed by atoms with Crippen LogP contribution in [0.1, 0.15) is 174 Å². The quantitative estimate of drug-likeness (QED) is 0.0432. The van der Waals surface area contributed by atoms with Gasteiger partial charge in [-0.3, -0.25) is 24.0 Å². The van der Waals surface area contributed by atoms with Crippen LogP contribution in [0.25, 0.3) is 51.6 Å². The number of aliphatic hydroxyl groups is 1. The van der Waals surface area contributed by atoms with Gasteiger partial charge in [0.2, 0.25) is 17.5 Å². The lowest BCUT2D eigenvalue weighted by Gasteiger charge is -2.13. The molecule has 3 amide bonds. The van der Waals surface area contributed by atoms with Crippen molar-refractivity contribution >= 4 is 47.1 Å². The number of nitrogens with zero attached hydrogens (tertiary/aromatic N) is 21. The Bertz CT molecular complexity index is 5120. The largest absolute Gasteiger partial charge is 0.464 e. The van der Waals surface area contributed by atoms with Crippen LogP contribution in [-0.4, -0.2) is 159 Å². The molecule has 554 valence electrons. The first-order valence-electron chi connectivity index (χ1n) is 34.6. The average Bonchev–Trinajstić information content (AvgIpc) is 1.36. The first kappa shape index (κ1) is 73.4.